The Morgan fingerprint density at radius 3 is 2.38 bits per heavy atom. The van der Waals surface area contributed by atoms with Crippen LogP contribution in [0.4, 0.5) is 0 Å². The second-order valence-corrected chi connectivity index (χ2v) is 9.88. The van der Waals surface area contributed by atoms with E-state index in [0.717, 1.165) is 45.9 Å². The Morgan fingerprint density at radius 1 is 0.912 bits per heavy atom. The molecule has 3 aromatic carbocycles. The summed E-state index contributed by atoms with van der Waals surface area (Å²) in [7, 11) is 0. The maximum Gasteiger partial charge on any atom is 0.153 e. The van der Waals surface area contributed by atoms with Crippen molar-refractivity contribution in [2.24, 2.45) is 0 Å². The SMILES string of the molecule is Cc1ccc2c(Oc3ccc(OCCN4CCCCC4)cc3)c(-c3ccc(C=O)cc3)sc2c1. The van der Waals surface area contributed by atoms with Gasteiger partial charge in [-0.3, -0.25) is 9.69 Å². The molecule has 0 unspecified atom stereocenters. The predicted molar refractivity (Wildman–Crippen MR) is 140 cm³/mol. The van der Waals surface area contributed by atoms with E-state index in [9.17, 15) is 4.79 Å². The summed E-state index contributed by atoms with van der Waals surface area (Å²) in [5.74, 6) is 2.48. The van der Waals surface area contributed by atoms with Crippen molar-refractivity contribution in [1.82, 2.24) is 4.90 Å². The van der Waals surface area contributed by atoms with Gasteiger partial charge in [-0.2, -0.15) is 0 Å². The number of piperidine rings is 1. The summed E-state index contributed by atoms with van der Waals surface area (Å²) in [4.78, 5) is 14.6. The first-order chi connectivity index (χ1) is 16.7. The molecule has 0 N–H and O–H groups in total. The van der Waals surface area contributed by atoms with E-state index in [1.807, 2.05) is 48.5 Å². The van der Waals surface area contributed by atoms with Gasteiger partial charge in [-0.05, 0) is 80.4 Å². The lowest BCUT2D eigenvalue weighted by Crippen LogP contribution is -2.33. The first-order valence-corrected chi connectivity index (χ1v) is 12.7. The van der Waals surface area contributed by atoms with Gasteiger partial charge < -0.3 is 9.47 Å². The van der Waals surface area contributed by atoms with Crippen molar-refractivity contribution < 1.29 is 14.3 Å². The number of thiophene rings is 1. The molecule has 5 rings (SSSR count). The molecule has 0 spiro atoms. The molecule has 0 amide bonds. The lowest BCUT2D eigenvalue weighted by atomic mass is 10.1. The van der Waals surface area contributed by atoms with E-state index in [0.29, 0.717) is 12.2 Å². The van der Waals surface area contributed by atoms with Crippen LogP contribution in [-0.2, 0) is 0 Å². The normalized spacial score (nSPS) is 14.3. The minimum atomic E-state index is 0.666. The van der Waals surface area contributed by atoms with Gasteiger partial charge in [0, 0.05) is 22.2 Å². The van der Waals surface area contributed by atoms with Crippen molar-refractivity contribution in [3.05, 3.63) is 77.9 Å². The molecule has 1 fully saturated rings. The first-order valence-electron chi connectivity index (χ1n) is 11.9. The Kier molecular flexibility index (Phi) is 6.93. The molecule has 1 aromatic heterocycles. The predicted octanol–water partition coefficient (Wildman–Crippen LogP) is 7.35. The van der Waals surface area contributed by atoms with E-state index in [1.54, 1.807) is 11.3 Å². The number of hydrogen-bond donors (Lipinski definition) is 0. The van der Waals surface area contributed by atoms with Crippen LogP contribution in [0.15, 0.2) is 66.7 Å². The molecule has 0 aliphatic carbocycles. The smallest absolute Gasteiger partial charge is 0.153 e. The quantitative estimate of drug-likeness (QED) is 0.252. The molecule has 1 aliphatic heterocycles. The van der Waals surface area contributed by atoms with Gasteiger partial charge >= 0.3 is 0 Å². The molecule has 0 saturated carbocycles. The molecular weight excluding hydrogens is 442 g/mol. The van der Waals surface area contributed by atoms with Crippen LogP contribution in [0.3, 0.4) is 0 Å². The van der Waals surface area contributed by atoms with E-state index < -0.39 is 0 Å². The Balaban J connectivity index is 1.34. The van der Waals surface area contributed by atoms with Crippen molar-refractivity contribution in [3.63, 3.8) is 0 Å². The molecule has 1 saturated heterocycles. The number of likely N-dealkylation sites (tertiary alicyclic amines) is 1. The largest absolute Gasteiger partial charge is 0.492 e. The Labute approximate surface area is 204 Å². The van der Waals surface area contributed by atoms with Gasteiger partial charge in [0.25, 0.3) is 0 Å². The Morgan fingerprint density at radius 2 is 1.65 bits per heavy atom. The van der Waals surface area contributed by atoms with Gasteiger partial charge in [-0.15, -0.1) is 11.3 Å². The van der Waals surface area contributed by atoms with Gasteiger partial charge in [-0.25, -0.2) is 0 Å². The van der Waals surface area contributed by atoms with E-state index in [-0.39, 0.29) is 0 Å². The fraction of sp³-hybridized carbons (Fsp3) is 0.276. The third kappa shape index (κ3) is 5.16. The summed E-state index contributed by atoms with van der Waals surface area (Å²) >= 11 is 1.71. The number of ether oxygens (including phenoxy) is 2. The van der Waals surface area contributed by atoms with E-state index in [2.05, 4.69) is 30.0 Å². The van der Waals surface area contributed by atoms with Crippen LogP contribution in [0, 0.1) is 6.92 Å². The number of nitrogens with zero attached hydrogens (tertiary/aromatic N) is 1. The second kappa shape index (κ2) is 10.4. The minimum Gasteiger partial charge on any atom is -0.492 e. The monoisotopic (exact) mass is 471 g/mol. The average Bonchev–Trinajstić information content (AvgIpc) is 3.23. The fourth-order valence-corrected chi connectivity index (χ4v) is 5.62. The third-order valence-corrected chi connectivity index (χ3v) is 7.46. The zero-order valence-electron chi connectivity index (χ0n) is 19.5. The van der Waals surface area contributed by atoms with Crippen molar-refractivity contribution >= 4 is 27.7 Å². The number of aryl methyl sites for hydroxylation is 1. The van der Waals surface area contributed by atoms with E-state index in [1.165, 1.54) is 42.6 Å². The van der Waals surface area contributed by atoms with Crippen LogP contribution in [-0.4, -0.2) is 37.4 Å². The maximum absolute atomic E-state index is 11.1. The van der Waals surface area contributed by atoms with Crippen molar-refractivity contribution in [3.8, 4) is 27.7 Å². The van der Waals surface area contributed by atoms with Crippen molar-refractivity contribution in [1.29, 1.82) is 0 Å². The molecule has 0 radical (unpaired) electrons. The number of benzene rings is 3. The minimum absolute atomic E-state index is 0.666. The summed E-state index contributed by atoms with van der Waals surface area (Å²) in [6, 6.07) is 22.0. The average molecular weight is 472 g/mol. The van der Waals surface area contributed by atoms with Gasteiger partial charge in [0.1, 0.15) is 24.4 Å². The summed E-state index contributed by atoms with van der Waals surface area (Å²) in [5.41, 5.74) is 2.92. The molecule has 0 atom stereocenters. The Hall–Kier alpha value is -3.15. The van der Waals surface area contributed by atoms with Crippen LogP contribution in [0.1, 0.15) is 35.2 Å². The van der Waals surface area contributed by atoms with Gasteiger partial charge in [0.05, 0.1) is 4.88 Å². The summed E-state index contributed by atoms with van der Waals surface area (Å²) in [6.45, 7) is 6.15. The van der Waals surface area contributed by atoms with Gasteiger partial charge in [0.15, 0.2) is 5.75 Å². The maximum atomic E-state index is 11.1. The number of carbonyl (C=O) groups is 1. The van der Waals surface area contributed by atoms with Gasteiger partial charge in [-0.1, -0.05) is 36.8 Å². The van der Waals surface area contributed by atoms with Crippen LogP contribution in [0.5, 0.6) is 17.2 Å². The number of carbonyl (C=O) groups excluding carboxylic acids is 1. The molecule has 4 aromatic rings. The zero-order valence-corrected chi connectivity index (χ0v) is 20.3. The number of hydrogen-bond acceptors (Lipinski definition) is 5. The highest BCUT2D eigenvalue weighted by Crippen LogP contribution is 2.46. The lowest BCUT2D eigenvalue weighted by Gasteiger charge is -2.26. The molecular formula is C29H29NO3S. The van der Waals surface area contributed by atoms with Crippen LogP contribution in [0.25, 0.3) is 20.5 Å². The number of aldehydes is 1. The van der Waals surface area contributed by atoms with Crippen LogP contribution in [0.2, 0.25) is 0 Å². The Bertz CT molecular complexity index is 1260. The second-order valence-electron chi connectivity index (χ2n) is 8.82. The van der Waals surface area contributed by atoms with Crippen molar-refractivity contribution in [2.75, 3.05) is 26.2 Å². The zero-order chi connectivity index (χ0) is 23.3. The first kappa shape index (κ1) is 22.6. The number of fused-ring (bicyclic) bond motifs is 1. The van der Waals surface area contributed by atoms with Crippen LogP contribution < -0.4 is 9.47 Å². The van der Waals surface area contributed by atoms with Crippen molar-refractivity contribution in [2.45, 2.75) is 26.2 Å². The molecule has 174 valence electrons. The van der Waals surface area contributed by atoms with E-state index >= 15 is 0 Å². The van der Waals surface area contributed by atoms with Gasteiger partial charge in [0.2, 0.25) is 0 Å². The topological polar surface area (TPSA) is 38.8 Å². The summed E-state index contributed by atoms with van der Waals surface area (Å²) in [6.07, 6.45) is 4.81. The highest BCUT2D eigenvalue weighted by molar-refractivity contribution is 7.22. The molecule has 1 aliphatic rings. The highest BCUT2D eigenvalue weighted by atomic mass is 32.1. The molecule has 34 heavy (non-hydrogen) atoms. The standard InChI is InChI=1S/C29H29NO3S/c1-21-5-14-26-27(19-21)34-29(23-8-6-22(20-31)7-9-23)28(26)33-25-12-10-24(11-13-25)32-18-17-30-15-3-2-4-16-30/h5-14,19-20H,2-4,15-18H2,1H3. The fourth-order valence-electron chi connectivity index (χ4n) is 4.38. The molecule has 0 bridgehead atoms. The number of rotatable bonds is 8. The lowest BCUT2D eigenvalue weighted by molar-refractivity contribution is 0.112. The molecule has 4 nitrogen and oxygen atoms in total. The van der Waals surface area contributed by atoms with Crippen LogP contribution >= 0.6 is 11.3 Å². The molecule has 2 heterocycles. The third-order valence-electron chi connectivity index (χ3n) is 6.28. The summed E-state index contributed by atoms with van der Waals surface area (Å²) in [5, 5.41) is 1.09. The van der Waals surface area contributed by atoms with E-state index in [4.69, 9.17) is 9.47 Å². The summed E-state index contributed by atoms with van der Waals surface area (Å²) < 4.78 is 13.6. The molecule has 5 heteroatoms. The highest BCUT2D eigenvalue weighted by Gasteiger charge is 2.17.